The Morgan fingerprint density at radius 2 is 1.75 bits per heavy atom. The Morgan fingerprint density at radius 3 is 2.44 bits per heavy atom. The van der Waals surface area contributed by atoms with Gasteiger partial charge in [-0.15, -0.1) is 12.4 Å². The minimum Gasteiger partial charge on any atom is -0.504 e. The highest BCUT2D eigenvalue weighted by Gasteiger charge is 2.30. The van der Waals surface area contributed by atoms with Crippen LogP contribution in [-0.4, -0.2) is 40.4 Å². The predicted molar refractivity (Wildman–Crippen MR) is 117 cm³/mol. The van der Waals surface area contributed by atoms with Gasteiger partial charge in [-0.25, -0.2) is 5.43 Å². The normalized spacial score (nSPS) is 11.0. The lowest BCUT2D eigenvalue weighted by Crippen LogP contribution is -2.08. The van der Waals surface area contributed by atoms with Crippen molar-refractivity contribution in [2.24, 2.45) is 5.10 Å². The molecule has 32 heavy (non-hydrogen) atoms. The number of hydrogen-bond acceptors (Lipinski definition) is 9. The number of methoxy groups -OCH3 is 1. The van der Waals surface area contributed by atoms with Crippen LogP contribution in [-0.2, 0) is 6.18 Å². The van der Waals surface area contributed by atoms with E-state index in [0.717, 1.165) is 12.1 Å². The third-order valence-corrected chi connectivity index (χ3v) is 3.89. The minimum absolute atomic E-state index is 0. The first-order chi connectivity index (χ1) is 14.8. The van der Waals surface area contributed by atoms with Gasteiger partial charge in [0.2, 0.25) is 17.8 Å². The van der Waals surface area contributed by atoms with Gasteiger partial charge in [-0.3, -0.25) is 0 Å². The Labute approximate surface area is 187 Å². The van der Waals surface area contributed by atoms with E-state index in [9.17, 15) is 18.3 Å². The molecule has 0 spiro atoms. The van der Waals surface area contributed by atoms with Crippen molar-refractivity contribution in [2.75, 3.05) is 30.2 Å². The van der Waals surface area contributed by atoms with Crippen LogP contribution < -0.4 is 20.8 Å². The fraction of sp³-hybridized carbons (Fsp3) is 0.158. The summed E-state index contributed by atoms with van der Waals surface area (Å²) in [6.45, 7) is 0. The van der Waals surface area contributed by atoms with Gasteiger partial charge in [0.05, 0.1) is 18.9 Å². The number of hydrazone groups is 1. The molecule has 2 aromatic carbocycles. The Kier molecular flexibility index (Phi) is 8.02. The molecule has 170 valence electrons. The van der Waals surface area contributed by atoms with Crippen molar-refractivity contribution in [1.82, 2.24) is 15.0 Å². The van der Waals surface area contributed by atoms with E-state index in [1.165, 1.54) is 31.5 Å². The van der Waals surface area contributed by atoms with Crippen molar-refractivity contribution in [1.29, 1.82) is 0 Å². The summed E-state index contributed by atoms with van der Waals surface area (Å²) >= 11 is 0. The number of hydrogen-bond donors (Lipinski definition) is 4. The molecule has 4 N–H and O–H groups in total. The van der Waals surface area contributed by atoms with Crippen molar-refractivity contribution >= 4 is 42.2 Å². The lowest BCUT2D eigenvalue weighted by atomic mass is 10.2. The summed E-state index contributed by atoms with van der Waals surface area (Å²) in [5.74, 6) is 0.523. The average molecular weight is 470 g/mol. The average Bonchev–Trinajstić information content (AvgIpc) is 2.74. The zero-order valence-electron chi connectivity index (χ0n) is 16.8. The van der Waals surface area contributed by atoms with Crippen LogP contribution in [0.25, 0.3) is 0 Å². The van der Waals surface area contributed by atoms with Gasteiger partial charge in [0.15, 0.2) is 11.5 Å². The van der Waals surface area contributed by atoms with Gasteiger partial charge in [-0.1, -0.05) is 6.07 Å². The molecule has 0 aliphatic heterocycles. The van der Waals surface area contributed by atoms with E-state index < -0.39 is 11.7 Å². The zero-order chi connectivity index (χ0) is 22.4. The number of anilines is 4. The second-order valence-electron chi connectivity index (χ2n) is 6.06. The van der Waals surface area contributed by atoms with Crippen LogP contribution in [0.1, 0.15) is 11.1 Å². The maximum atomic E-state index is 12.9. The van der Waals surface area contributed by atoms with Crippen LogP contribution in [0.15, 0.2) is 47.6 Å². The van der Waals surface area contributed by atoms with Crippen LogP contribution in [0.3, 0.4) is 0 Å². The highest BCUT2D eigenvalue weighted by Crippen LogP contribution is 2.31. The molecule has 0 saturated carbocycles. The third-order valence-electron chi connectivity index (χ3n) is 3.89. The topological polar surface area (TPSA) is 117 Å². The number of rotatable bonds is 7. The molecule has 0 fully saturated rings. The van der Waals surface area contributed by atoms with Gasteiger partial charge < -0.3 is 20.5 Å². The number of phenolic OH excluding ortho intramolecular Hbond substituents is 1. The molecule has 0 aliphatic carbocycles. The van der Waals surface area contributed by atoms with Crippen molar-refractivity contribution in [3.8, 4) is 11.5 Å². The number of aromatic nitrogens is 3. The second-order valence-corrected chi connectivity index (χ2v) is 6.06. The van der Waals surface area contributed by atoms with Crippen LogP contribution in [0, 0.1) is 0 Å². The second kappa shape index (κ2) is 10.5. The first kappa shape index (κ1) is 24.5. The zero-order valence-corrected chi connectivity index (χ0v) is 17.6. The summed E-state index contributed by atoms with van der Waals surface area (Å²) in [6.07, 6.45) is -3.02. The van der Waals surface area contributed by atoms with E-state index in [1.807, 2.05) is 0 Å². The summed E-state index contributed by atoms with van der Waals surface area (Å²) in [5.41, 5.74) is 2.62. The molecule has 0 radical (unpaired) electrons. The molecule has 0 amide bonds. The predicted octanol–water partition coefficient (Wildman–Crippen LogP) is 4.26. The molecule has 0 unspecified atom stereocenters. The third kappa shape index (κ3) is 6.35. The summed E-state index contributed by atoms with van der Waals surface area (Å²) in [4.78, 5) is 12.3. The van der Waals surface area contributed by atoms with Crippen molar-refractivity contribution in [3.63, 3.8) is 0 Å². The minimum atomic E-state index is -4.47. The Morgan fingerprint density at radius 1 is 1.03 bits per heavy atom. The van der Waals surface area contributed by atoms with Crippen LogP contribution >= 0.6 is 12.4 Å². The monoisotopic (exact) mass is 469 g/mol. The van der Waals surface area contributed by atoms with E-state index in [-0.39, 0.29) is 47.4 Å². The molecule has 1 heterocycles. The largest absolute Gasteiger partial charge is 0.504 e. The lowest BCUT2D eigenvalue weighted by Gasteiger charge is -2.11. The van der Waals surface area contributed by atoms with Crippen molar-refractivity contribution in [2.45, 2.75) is 6.18 Å². The van der Waals surface area contributed by atoms with Crippen molar-refractivity contribution < 1.29 is 23.0 Å². The molecule has 0 aliphatic rings. The number of alkyl halides is 3. The van der Waals surface area contributed by atoms with E-state index in [2.05, 4.69) is 36.1 Å². The van der Waals surface area contributed by atoms with E-state index in [4.69, 9.17) is 4.74 Å². The maximum absolute atomic E-state index is 12.9. The summed E-state index contributed by atoms with van der Waals surface area (Å²) < 4.78 is 43.8. The number of phenols is 1. The summed E-state index contributed by atoms with van der Waals surface area (Å²) in [6, 6.07) is 9.31. The van der Waals surface area contributed by atoms with Crippen LogP contribution in [0.4, 0.5) is 36.7 Å². The fourth-order valence-corrected chi connectivity index (χ4v) is 2.44. The van der Waals surface area contributed by atoms with Gasteiger partial charge in [0.1, 0.15) is 0 Å². The van der Waals surface area contributed by atoms with Gasteiger partial charge >= 0.3 is 6.18 Å². The maximum Gasteiger partial charge on any atom is 0.416 e. The summed E-state index contributed by atoms with van der Waals surface area (Å²) in [5, 5.41) is 19.1. The molecule has 3 aromatic rings. The molecule has 0 atom stereocenters. The number of nitrogens with zero attached hydrogens (tertiary/aromatic N) is 4. The number of nitrogens with one attached hydrogen (secondary N) is 3. The molecule has 0 saturated heterocycles. The molecule has 9 nitrogen and oxygen atoms in total. The Balaban J connectivity index is 0.00000363. The first-order valence-electron chi connectivity index (χ1n) is 8.82. The van der Waals surface area contributed by atoms with E-state index in [0.29, 0.717) is 5.56 Å². The molecular weight excluding hydrogens is 451 g/mol. The quantitative estimate of drug-likeness (QED) is 0.299. The Hall–Kier alpha value is -3.80. The van der Waals surface area contributed by atoms with E-state index >= 15 is 0 Å². The Bertz CT molecular complexity index is 1100. The van der Waals surface area contributed by atoms with E-state index in [1.54, 1.807) is 19.2 Å². The lowest BCUT2D eigenvalue weighted by molar-refractivity contribution is -0.137. The van der Waals surface area contributed by atoms with Gasteiger partial charge in [0.25, 0.3) is 0 Å². The fourth-order valence-electron chi connectivity index (χ4n) is 2.44. The number of aromatic hydroxyl groups is 1. The molecule has 13 heteroatoms. The number of halogens is 4. The molecule has 3 rings (SSSR count). The highest BCUT2D eigenvalue weighted by molar-refractivity contribution is 5.85. The van der Waals surface area contributed by atoms with Crippen molar-refractivity contribution in [3.05, 3.63) is 53.6 Å². The highest BCUT2D eigenvalue weighted by atomic mass is 35.5. The molecule has 1 aromatic heterocycles. The van der Waals surface area contributed by atoms with Crippen LogP contribution in [0.5, 0.6) is 11.5 Å². The van der Waals surface area contributed by atoms with Gasteiger partial charge in [-0.2, -0.15) is 33.2 Å². The standard InChI is InChI=1S/C19H18F3N7O2.ClH/c1-23-16-26-17(25-13-5-3-4-12(9-13)19(20,21)22)28-18(27-16)29-24-10-11-6-7-14(30)15(8-11)31-2;/h3-10,30H,1-2H3,(H3,23,25,26,27,28,29);1H. The van der Waals surface area contributed by atoms with Crippen LogP contribution in [0.2, 0.25) is 0 Å². The van der Waals surface area contributed by atoms with Gasteiger partial charge in [0, 0.05) is 12.7 Å². The SMILES string of the molecule is CNc1nc(NN=Cc2ccc(O)c(OC)c2)nc(Nc2cccc(C(F)(F)F)c2)n1.Cl. The summed E-state index contributed by atoms with van der Waals surface area (Å²) in [7, 11) is 3.01. The number of benzene rings is 2. The first-order valence-corrected chi connectivity index (χ1v) is 8.82. The van der Waals surface area contributed by atoms with Gasteiger partial charge in [-0.05, 0) is 42.0 Å². The smallest absolute Gasteiger partial charge is 0.416 e. The molecule has 0 bridgehead atoms. The molecular formula is C19H19ClF3N7O2. The number of ether oxygens (including phenoxy) is 1.